The maximum absolute atomic E-state index is 13.2. The molecule has 0 aliphatic carbocycles. The highest BCUT2D eigenvalue weighted by Gasteiger charge is 2.19. The molecule has 4 N–H and O–H groups in total. The first-order valence-corrected chi connectivity index (χ1v) is 7.58. The third-order valence-corrected chi connectivity index (χ3v) is 4.12. The molecule has 6 nitrogen and oxygen atoms in total. The molecule has 0 saturated carbocycles. The molecule has 0 heterocycles. The number of halogens is 1. The standard InChI is InChI=1S/C12H18FN3O3S/c1-3-4-15-12(17)7-16-20(18,19)11-6-10(14)9(13)5-8(11)2/h5-6,16H,3-4,7,14H2,1-2H3,(H,15,17). The first-order valence-electron chi connectivity index (χ1n) is 6.10. The monoisotopic (exact) mass is 303 g/mol. The minimum Gasteiger partial charge on any atom is -0.396 e. The summed E-state index contributed by atoms with van der Waals surface area (Å²) in [6.07, 6.45) is 0.756. The number of carbonyl (C=O) groups is 1. The van der Waals surface area contributed by atoms with E-state index >= 15 is 0 Å². The Labute approximate surface area is 117 Å². The van der Waals surface area contributed by atoms with Gasteiger partial charge in [-0.2, -0.15) is 0 Å². The minimum absolute atomic E-state index is 0.139. The van der Waals surface area contributed by atoms with Crippen LogP contribution in [-0.4, -0.2) is 27.4 Å². The van der Waals surface area contributed by atoms with Crippen LogP contribution in [0.25, 0.3) is 0 Å². The van der Waals surface area contributed by atoms with Gasteiger partial charge in [-0.15, -0.1) is 0 Å². The van der Waals surface area contributed by atoms with E-state index in [9.17, 15) is 17.6 Å². The van der Waals surface area contributed by atoms with Crippen LogP contribution >= 0.6 is 0 Å². The summed E-state index contributed by atoms with van der Waals surface area (Å²) < 4.78 is 39.4. The van der Waals surface area contributed by atoms with Gasteiger partial charge < -0.3 is 11.1 Å². The highest BCUT2D eigenvalue weighted by atomic mass is 32.2. The molecular weight excluding hydrogens is 285 g/mol. The largest absolute Gasteiger partial charge is 0.396 e. The average Bonchev–Trinajstić information content (AvgIpc) is 2.38. The van der Waals surface area contributed by atoms with Crippen molar-refractivity contribution in [2.45, 2.75) is 25.2 Å². The van der Waals surface area contributed by atoms with Crippen LogP contribution in [0.4, 0.5) is 10.1 Å². The zero-order valence-electron chi connectivity index (χ0n) is 11.4. The van der Waals surface area contributed by atoms with Crippen molar-refractivity contribution in [2.75, 3.05) is 18.8 Å². The molecule has 8 heteroatoms. The molecule has 1 aromatic carbocycles. The number of benzene rings is 1. The van der Waals surface area contributed by atoms with Gasteiger partial charge in [-0.25, -0.2) is 17.5 Å². The van der Waals surface area contributed by atoms with Crippen LogP contribution in [0.5, 0.6) is 0 Å². The molecule has 0 saturated heterocycles. The number of anilines is 1. The maximum atomic E-state index is 13.2. The van der Waals surface area contributed by atoms with Gasteiger partial charge in [-0.1, -0.05) is 6.92 Å². The number of sulfonamides is 1. The lowest BCUT2D eigenvalue weighted by Crippen LogP contribution is -2.37. The van der Waals surface area contributed by atoms with E-state index in [2.05, 4.69) is 10.0 Å². The molecule has 0 aromatic heterocycles. The van der Waals surface area contributed by atoms with Crippen molar-refractivity contribution in [3.8, 4) is 0 Å². The average molecular weight is 303 g/mol. The van der Waals surface area contributed by atoms with Gasteiger partial charge in [0, 0.05) is 6.54 Å². The third kappa shape index (κ3) is 4.17. The first kappa shape index (κ1) is 16.4. The summed E-state index contributed by atoms with van der Waals surface area (Å²) in [4.78, 5) is 11.2. The number of aryl methyl sites for hydroxylation is 1. The van der Waals surface area contributed by atoms with Crippen LogP contribution in [0.3, 0.4) is 0 Å². The summed E-state index contributed by atoms with van der Waals surface area (Å²) in [7, 11) is -3.91. The van der Waals surface area contributed by atoms with Gasteiger partial charge in [0.2, 0.25) is 15.9 Å². The molecule has 0 aliphatic rings. The van der Waals surface area contributed by atoms with Crippen molar-refractivity contribution in [2.24, 2.45) is 0 Å². The molecule has 1 aromatic rings. The van der Waals surface area contributed by atoms with Gasteiger partial charge in [0.1, 0.15) is 5.82 Å². The lowest BCUT2D eigenvalue weighted by Gasteiger charge is -2.10. The van der Waals surface area contributed by atoms with Gasteiger partial charge in [-0.3, -0.25) is 4.79 Å². The number of nitrogens with two attached hydrogens (primary N) is 1. The van der Waals surface area contributed by atoms with E-state index in [0.29, 0.717) is 6.54 Å². The van der Waals surface area contributed by atoms with E-state index < -0.39 is 21.7 Å². The molecule has 0 radical (unpaired) electrons. The Hall–Kier alpha value is -1.67. The van der Waals surface area contributed by atoms with Crippen molar-refractivity contribution in [1.29, 1.82) is 0 Å². The van der Waals surface area contributed by atoms with E-state index in [-0.39, 0.29) is 22.7 Å². The summed E-state index contributed by atoms with van der Waals surface area (Å²) in [6, 6.07) is 2.08. The Morgan fingerprint density at radius 3 is 2.65 bits per heavy atom. The predicted octanol–water partition coefficient (Wildman–Crippen LogP) is 0.521. The zero-order valence-corrected chi connectivity index (χ0v) is 12.2. The molecule has 0 unspecified atom stereocenters. The fraction of sp³-hybridized carbons (Fsp3) is 0.417. The topological polar surface area (TPSA) is 101 Å². The lowest BCUT2D eigenvalue weighted by atomic mass is 10.2. The Kier molecular flexibility index (Phi) is 5.46. The van der Waals surface area contributed by atoms with Gasteiger partial charge in [0.25, 0.3) is 0 Å². The van der Waals surface area contributed by atoms with Crippen molar-refractivity contribution in [3.63, 3.8) is 0 Å². The van der Waals surface area contributed by atoms with Crippen LogP contribution in [0.1, 0.15) is 18.9 Å². The Balaban J connectivity index is 2.84. The van der Waals surface area contributed by atoms with Gasteiger partial charge in [0.15, 0.2) is 0 Å². The fourth-order valence-electron chi connectivity index (χ4n) is 1.52. The Morgan fingerprint density at radius 2 is 2.05 bits per heavy atom. The molecule has 1 rings (SSSR count). The molecule has 112 valence electrons. The third-order valence-electron chi connectivity index (χ3n) is 2.58. The van der Waals surface area contributed by atoms with Crippen molar-refractivity contribution in [1.82, 2.24) is 10.0 Å². The highest BCUT2D eigenvalue weighted by Crippen LogP contribution is 2.21. The predicted molar refractivity (Wildman–Crippen MR) is 74.0 cm³/mol. The number of carbonyl (C=O) groups excluding carboxylic acids is 1. The zero-order chi connectivity index (χ0) is 15.3. The molecule has 0 atom stereocenters. The highest BCUT2D eigenvalue weighted by molar-refractivity contribution is 7.89. The van der Waals surface area contributed by atoms with Crippen LogP contribution in [0.15, 0.2) is 17.0 Å². The summed E-state index contributed by atoms with van der Waals surface area (Å²) in [5.41, 5.74) is 5.32. The quantitative estimate of drug-likeness (QED) is 0.667. The second kappa shape index (κ2) is 6.67. The van der Waals surface area contributed by atoms with E-state index in [1.165, 1.54) is 6.92 Å². The van der Waals surface area contributed by atoms with Crippen LogP contribution in [0.2, 0.25) is 0 Å². The van der Waals surface area contributed by atoms with Gasteiger partial charge >= 0.3 is 0 Å². The van der Waals surface area contributed by atoms with E-state index in [0.717, 1.165) is 18.6 Å². The maximum Gasteiger partial charge on any atom is 0.241 e. The summed E-state index contributed by atoms with van der Waals surface area (Å²) in [5.74, 6) is -1.11. The van der Waals surface area contributed by atoms with Gasteiger partial charge in [-0.05, 0) is 31.0 Å². The summed E-state index contributed by atoms with van der Waals surface area (Å²) in [6.45, 7) is 3.44. The molecule has 0 bridgehead atoms. The summed E-state index contributed by atoms with van der Waals surface area (Å²) in [5, 5.41) is 2.54. The summed E-state index contributed by atoms with van der Waals surface area (Å²) >= 11 is 0. The second-order valence-electron chi connectivity index (χ2n) is 4.31. The number of nitrogens with one attached hydrogen (secondary N) is 2. The minimum atomic E-state index is -3.91. The molecule has 20 heavy (non-hydrogen) atoms. The SMILES string of the molecule is CCCNC(=O)CNS(=O)(=O)c1cc(N)c(F)cc1C. The number of nitrogen functional groups attached to an aromatic ring is 1. The second-order valence-corrected chi connectivity index (χ2v) is 6.05. The molecule has 0 aliphatic heterocycles. The fourth-order valence-corrected chi connectivity index (χ4v) is 2.76. The Bertz CT molecular complexity index is 602. The number of rotatable bonds is 6. The van der Waals surface area contributed by atoms with Crippen LogP contribution in [0, 0.1) is 12.7 Å². The van der Waals surface area contributed by atoms with E-state index in [1.807, 2.05) is 6.92 Å². The lowest BCUT2D eigenvalue weighted by molar-refractivity contribution is -0.119. The Morgan fingerprint density at radius 1 is 1.40 bits per heavy atom. The van der Waals surface area contributed by atoms with Crippen molar-refractivity contribution in [3.05, 3.63) is 23.5 Å². The number of hydrogen-bond acceptors (Lipinski definition) is 4. The first-order chi connectivity index (χ1) is 9.27. The molecular formula is C12H18FN3O3S. The van der Waals surface area contributed by atoms with Gasteiger partial charge in [0.05, 0.1) is 17.1 Å². The van der Waals surface area contributed by atoms with Crippen LogP contribution < -0.4 is 15.8 Å². The molecule has 0 spiro atoms. The van der Waals surface area contributed by atoms with Crippen molar-refractivity contribution < 1.29 is 17.6 Å². The van der Waals surface area contributed by atoms with Crippen LogP contribution in [-0.2, 0) is 14.8 Å². The van der Waals surface area contributed by atoms with E-state index in [1.54, 1.807) is 0 Å². The molecule has 0 fully saturated rings. The number of hydrogen-bond donors (Lipinski definition) is 3. The van der Waals surface area contributed by atoms with Crippen molar-refractivity contribution >= 4 is 21.6 Å². The van der Waals surface area contributed by atoms with E-state index in [4.69, 9.17) is 5.73 Å². The molecule has 1 amide bonds. The normalized spacial score (nSPS) is 11.3. The smallest absolute Gasteiger partial charge is 0.241 e. The number of amides is 1.